The van der Waals surface area contributed by atoms with E-state index >= 15 is 0 Å². The molecular weight excluding hydrogens is 384 g/mol. The summed E-state index contributed by atoms with van der Waals surface area (Å²) in [6, 6.07) is 0. The van der Waals surface area contributed by atoms with Crippen molar-refractivity contribution in [3.63, 3.8) is 0 Å². The molecule has 4 N–H and O–H groups in total. The van der Waals surface area contributed by atoms with Crippen LogP contribution in [0.2, 0.25) is 0 Å². The van der Waals surface area contributed by atoms with Gasteiger partial charge in [-0.1, -0.05) is 0 Å². The van der Waals surface area contributed by atoms with Crippen LogP contribution < -0.4 is 0 Å². The van der Waals surface area contributed by atoms with E-state index in [9.17, 15) is 39.0 Å². The highest BCUT2D eigenvalue weighted by atomic mass is 16.6. The largest absolute Gasteiger partial charge is 0.481 e. The molecule has 0 heterocycles. The molecule has 0 radical (unpaired) electrons. The highest BCUT2D eigenvalue weighted by molar-refractivity contribution is 5.94. The third kappa shape index (κ3) is 9.73. The van der Waals surface area contributed by atoms with Crippen molar-refractivity contribution in [3.8, 4) is 0 Å². The monoisotopic (exact) mass is 406 g/mol. The van der Waals surface area contributed by atoms with Crippen LogP contribution in [0.3, 0.4) is 0 Å². The van der Waals surface area contributed by atoms with Crippen molar-refractivity contribution in [3.05, 3.63) is 0 Å². The lowest BCUT2D eigenvalue weighted by Gasteiger charge is -2.28. The number of carboxylic acids is 2. The molecule has 0 saturated carbocycles. The first-order valence-electron chi connectivity index (χ1n) is 8.20. The molecule has 0 aromatic heterocycles. The average Bonchev–Trinajstić information content (AvgIpc) is 2.58. The first-order chi connectivity index (χ1) is 13.1. The Morgan fingerprint density at radius 1 is 0.643 bits per heavy atom. The Hall–Kier alpha value is -2.86. The van der Waals surface area contributed by atoms with Crippen LogP contribution in [0.25, 0.3) is 0 Å². The zero-order valence-corrected chi connectivity index (χ0v) is 14.9. The van der Waals surface area contributed by atoms with Gasteiger partial charge in [-0.3, -0.25) is 28.8 Å². The van der Waals surface area contributed by atoms with Crippen LogP contribution >= 0.6 is 0 Å². The van der Waals surface area contributed by atoms with E-state index in [1.807, 2.05) is 0 Å². The number of carboxylic acid groups (broad SMARTS) is 2. The Kier molecular flexibility index (Phi) is 11.2. The van der Waals surface area contributed by atoms with Gasteiger partial charge in [-0.15, -0.1) is 0 Å². The van der Waals surface area contributed by atoms with Crippen LogP contribution in [0.15, 0.2) is 0 Å². The number of carbonyl (C=O) groups is 6. The maximum Gasteiger partial charge on any atom is 0.320 e. The molecule has 12 nitrogen and oxygen atoms in total. The van der Waals surface area contributed by atoms with Crippen LogP contribution in [0, 0.1) is 5.41 Å². The summed E-state index contributed by atoms with van der Waals surface area (Å²) in [7, 11) is 0. The van der Waals surface area contributed by atoms with Gasteiger partial charge in [0.2, 0.25) is 0 Å². The zero-order chi connectivity index (χ0) is 21.7. The summed E-state index contributed by atoms with van der Waals surface area (Å²) in [5.74, 6) is -7.46. The molecule has 0 fully saturated rings. The van der Waals surface area contributed by atoms with Crippen LogP contribution in [0.4, 0.5) is 0 Å². The molecule has 0 aromatic rings. The van der Waals surface area contributed by atoms with Gasteiger partial charge in [0, 0.05) is 13.2 Å². The molecule has 0 amide bonds. The van der Waals surface area contributed by atoms with E-state index in [2.05, 4.69) is 9.47 Å². The molecule has 0 aliphatic carbocycles. The normalized spacial score (nSPS) is 10.8. The van der Waals surface area contributed by atoms with Gasteiger partial charge in [-0.25, -0.2) is 0 Å². The molecule has 0 aliphatic heterocycles. The van der Waals surface area contributed by atoms with Gasteiger partial charge < -0.3 is 29.9 Å². The molecule has 0 aromatic carbocycles. The molecule has 12 heteroatoms. The lowest BCUT2D eigenvalue weighted by atomic mass is 9.78. The van der Waals surface area contributed by atoms with E-state index in [4.69, 9.17) is 10.2 Å². The van der Waals surface area contributed by atoms with Gasteiger partial charge >= 0.3 is 35.8 Å². The minimum atomic E-state index is -1.90. The Morgan fingerprint density at radius 3 is 1.46 bits per heavy atom. The molecule has 0 rings (SSSR count). The highest BCUT2D eigenvalue weighted by Crippen LogP contribution is 2.33. The molecule has 0 aliphatic rings. The number of aliphatic hydroxyl groups excluding tert-OH is 2. The van der Waals surface area contributed by atoms with Crippen molar-refractivity contribution in [2.45, 2.75) is 44.9 Å². The van der Waals surface area contributed by atoms with Gasteiger partial charge in [0.15, 0.2) is 0 Å². The summed E-state index contributed by atoms with van der Waals surface area (Å²) >= 11 is 0. The minimum Gasteiger partial charge on any atom is -0.481 e. The summed E-state index contributed by atoms with van der Waals surface area (Å²) in [5, 5.41) is 35.4. The van der Waals surface area contributed by atoms with Gasteiger partial charge in [0.1, 0.15) is 0 Å². The standard InChI is InChI=1S/C16H22O12/c17-7-5-16(6-8-18,15(26)28-13(24)4-2-11(21)22)9-14(25)27-12(23)3-1-10(19)20/h17-18H,1-9H2,(H,19,20)(H,21,22). The summed E-state index contributed by atoms with van der Waals surface area (Å²) < 4.78 is 8.93. The number of rotatable bonds is 13. The fourth-order valence-electron chi connectivity index (χ4n) is 2.18. The summed E-state index contributed by atoms with van der Waals surface area (Å²) in [5.41, 5.74) is -1.90. The summed E-state index contributed by atoms with van der Waals surface area (Å²) in [6.07, 6.45) is -4.06. The van der Waals surface area contributed by atoms with Crippen molar-refractivity contribution < 1.29 is 58.7 Å². The van der Waals surface area contributed by atoms with Crippen molar-refractivity contribution in [1.82, 2.24) is 0 Å². The molecule has 0 spiro atoms. The van der Waals surface area contributed by atoms with Crippen LogP contribution in [-0.4, -0.2) is 69.5 Å². The maximum absolute atomic E-state index is 12.4. The lowest BCUT2D eigenvalue weighted by molar-refractivity contribution is -0.175. The van der Waals surface area contributed by atoms with Crippen LogP contribution in [-0.2, 0) is 38.2 Å². The van der Waals surface area contributed by atoms with Crippen molar-refractivity contribution in [1.29, 1.82) is 0 Å². The van der Waals surface area contributed by atoms with Gasteiger partial charge in [0.05, 0.1) is 37.5 Å². The van der Waals surface area contributed by atoms with Crippen molar-refractivity contribution in [2.24, 2.45) is 5.41 Å². The van der Waals surface area contributed by atoms with E-state index in [0.29, 0.717) is 0 Å². The number of carbonyl (C=O) groups excluding carboxylic acids is 4. The third-order valence-corrected chi connectivity index (χ3v) is 3.62. The predicted octanol–water partition coefficient (Wildman–Crippen LogP) is -1.00. The maximum atomic E-state index is 12.4. The number of hydrogen-bond donors (Lipinski definition) is 4. The lowest BCUT2D eigenvalue weighted by Crippen LogP contribution is -2.39. The fraction of sp³-hybridized carbons (Fsp3) is 0.625. The molecule has 158 valence electrons. The topological polar surface area (TPSA) is 202 Å². The average molecular weight is 406 g/mol. The first kappa shape index (κ1) is 25.1. The van der Waals surface area contributed by atoms with Crippen LogP contribution in [0.1, 0.15) is 44.9 Å². The molecule has 0 bridgehead atoms. The third-order valence-electron chi connectivity index (χ3n) is 3.62. The Balaban J connectivity index is 5.15. The predicted molar refractivity (Wildman–Crippen MR) is 86.4 cm³/mol. The molecule has 28 heavy (non-hydrogen) atoms. The minimum absolute atomic E-state index is 0.420. The quantitative estimate of drug-likeness (QED) is 0.215. The van der Waals surface area contributed by atoms with Crippen LogP contribution in [0.5, 0.6) is 0 Å². The summed E-state index contributed by atoms with van der Waals surface area (Å²) in [4.78, 5) is 68.1. The second kappa shape index (κ2) is 12.5. The van der Waals surface area contributed by atoms with E-state index < -0.39 is 99.4 Å². The van der Waals surface area contributed by atoms with Crippen molar-refractivity contribution in [2.75, 3.05) is 13.2 Å². The number of ether oxygens (including phenoxy) is 2. The van der Waals surface area contributed by atoms with Gasteiger partial charge in [-0.2, -0.15) is 0 Å². The van der Waals surface area contributed by atoms with Gasteiger partial charge in [0.25, 0.3) is 0 Å². The second-order valence-electron chi connectivity index (χ2n) is 5.80. The Bertz CT molecular complexity index is 603. The van der Waals surface area contributed by atoms with E-state index in [0.717, 1.165) is 0 Å². The van der Waals surface area contributed by atoms with E-state index in [1.54, 1.807) is 0 Å². The first-order valence-corrected chi connectivity index (χ1v) is 8.20. The van der Waals surface area contributed by atoms with E-state index in [1.165, 1.54) is 0 Å². The van der Waals surface area contributed by atoms with Crippen molar-refractivity contribution >= 4 is 35.8 Å². The number of esters is 4. The summed E-state index contributed by atoms with van der Waals surface area (Å²) in [6.45, 7) is -1.28. The SMILES string of the molecule is O=C(O)CCC(=O)OC(=O)CC(CCO)(CCO)C(=O)OC(=O)CCC(=O)O. The molecule has 0 saturated heterocycles. The zero-order valence-electron chi connectivity index (χ0n) is 14.9. The highest BCUT2D eigenvalue weighted by Gasteiger charge is 2.43. The Morgan fingerprint density at radius 2 is 1.07 bits per heavy atom. The Labute approximate surface area is 159 Å². The van der Waals surface area contributed by atoms with E-state index in [-0.39, 0.29) is 0 Å². The molecular formula is C16H22O12. The fourth-order valence-corrected chi connectivity index (χ4v) is 2.18. The van der Waals surface area contributed by atoms with Gasteiger partial charge in [-0.05, 0) is 12.8 Å². The second-order valence-corrected chi connectivity index (χ2v) is 5.80. The smallest absolute Gasteiger partial charge is 0.320 e. The number of hydrogen-bond acceptors (Lipinski definition) is 10. The molecule has 0 atom stereocenters. The number of aliphatic carboxylic acids is 2. The molecule has 0 unspecified atom stereocenters. The number of aliphatic hydroxyl groups is 2.